The van der Waals surface area contributed by atoms with E-state index in [1.807, 2.05) is 4.90 Å². The van der Waals surface area contributed by atoms with Gasteiger partial charge in [-0.2, -0.15) is 0 Å². The summed E-state index contributed by atoms with van der Waals surface area (Å²) in [5.74, 6) is 1.72. The van der Waals surface area contributed by atoms with Crippen molar-refractivity contribution >= 4 is 5.91 Å². The molecule has 2 rings (SSSR count). The summed E-state index contributed by atoms with van der Waals surface area (Å²) in [6.07, 6.45) is 5.45. The van der Waals surface area contributed by atoms with Crippen molar-refractivity contribution in [3.63, 3.8) is 0 Å². The molecule has 1 aliphatic carbocycles. The highest BCUT2D eigenvalue weighted by molar-refractivity contribution is 5.87. The highest BCUT2D eigenvalue weighted by Gasteiger charge is 2.37. The van der Waals surface area contributed by atoms with Gasteiger partial charge in [-0.1, -0.05) is 13.0 Å². The van der Waals surface area contributed by atoms with E-state index in [-0.39, 0.29) is 5.91 Å². The first-order chi connectivity index (χ1) is 5.81. The predicted octanol–water partition coefficient (Wildman–Crippen LogP) is 1.43. The average molecular weight is 165 g/mol. The lowest BCUT2D eigenvalue weighted by atomic mass is 10.0. The predicted molar refractivity (Wildman–Crippen MR) is 47.6 cm³/mol. The van der Waals surface area contributed by atoms with Crippen LogP contribution in [0.4, 0.5) is 0 Å². The van der Waals surface area contributed by atoms with Gasteiger partial charge in [0.1, 0.15) is 0 Å². The standard InChI is InChI=1S/C10H15NO/c1-2-10(12)11-6-8-4-3-5-9(8)7-11/h2,8-9H,1,3-7H2/t8-,9+. The molecule has 2 aliphatic rings. The number of amides is 1. The maximum atomic E-state index is 11.3. The van der Waals surface area contributed by atoms with Gasteiger partial charge in [-0.05, 0) is 30.8 Å². The van der Waals surface area contributed by atoms with Crippen LogP contribution in [0.2, 0.25) is 0 Å². The molecule has 66 valence electrons. The van der Waals surface area contributed by atoms with Gasteiger partial charge in [-0.15, -0.1) is 0 Å². The fourth-order valence-corrected chi connectivity index (χ4v) is 2.54. The van der Waals surface area contributed by atoms with Crippen molar-refractivity contribution in [1.29, 1.82) is 0 Å². The number of nitrogens with zero attached hydrogens (tertiary/aromatic N) is 1. The first-order valence-corrected chi connectivity index (χ1v) is 4.72. The monoisotopic (exact) mass is 165 g/mol. The Hall–Kier alpha value is -0.790. The molecule has 1 heterocycles. The number of fused-ring (bicyclic) bond motifs is 1. The fourth-order valence-electron chi connectivity index (χ4n) is 2.54. The maximum Gasteiger partial charge on any atom is 0.245 e. The molecule has 0 radical (unpaired) electrons. The quantitative estimate of drug-likeness (QED) is 0.538. The summed E-state index contributed by atoms with van der Waals surface area (Å²) >= 11 is 0. The molecule has 0 unspecified atom stereocenters. The summed E-state index contributed by atoms with van der Waals surface area (Å²) in [7, 11) is 0. The molecular weight excluding hydrogens is 150 g/mol. The number of rotatable bonds is 1. The van der Waals surface area contributed by atoms with Crippen LogP contribution in [-0.4, -0.2) is 23.9 Å². The Morgan fingerprint density at radius 1 is 1.33 bits per heavy atom. The van der Waals surface area contributed by atoms with Crippen LogP contribution in [0.1, 0.15) is 19.3 Å². The Bertz CT molecular complexity index is 200. The van der Waals surface area contributed by atoms with Crippen molar-refractivity contribution in [2.75, 3.05) is 13.1 Å². The Labute approximate surface area is 73.2 Å². The SMILES string of the molecule is C=CC(=O)N1C[C@H]2CCC[C@H]2C1. The third-order valence-electron chi connectivity index (χ3n) is 3.21. The molecule has 0 aromatic rings. The molecule has 0 spiro atoms. The van der Waals surface area contributed by atoms with Crippen molar-refractivity contribution in [1.82, 2.24) is 4.90 Å². The molecule has 0 aromatic heterocycles. The van der Waals surface area contributed by atoms with Gasteiger partial charge in [-0.25, -0.2) is 0 Å². The van der Waals surface area contributed by atoms with Gasteiger partial charge in [0.2, 0.25) is 5.91 Å². The Morgan fingerprint density at radius 3 is 2.42 bits per heavy atom. The third kappa shape index (κ3) is 1.15. The molecule has 0 bridgehead atoms. The Morgan fingerprint density at radius 2 is 1.92 bits per heavy atom. The summed E-state index contributed by atoms with van der Waals surface area (Å²) in [6.45, 7) is 5.47. The van der Waals surface area contributed by atoms with Crippen molar-refractivity contribution in [2.24, 2.45) is 11.8 Å². The molecule has 0 N–H and O–H groups in total. The first kappa shape index (κ1) is 7.84. The molecular formula is C10H15NO. The van der Waals surface area contributed by atoms with Gasteiger partial charge in [0.05, 0.1) is 0 Å². The molecule has 2 atom stereocenters. The van der Waals surface area contributed by atoms with E-state index in [9.17, 15) is 4.79 Å². The van der Waals surface area contributed by atoms with E-state index in [1.165, 1.54) is 25.3 Å². The first-order valence-electron chi connectivity index (χ1n) is 4.72. The molecule has 0 aromatic carbocycles. The zero-order chi connectivity index (χ0) is 8.55. The van der Waals surface area contributed by atoms with Gasteiger partial charge >= 0.3 is 0 Å². The van der Waals surface area contributed by atoms with E-state index < -0.39 is 0 Å². The molecule has 1 saturated carbocycles. The normalized spacial score (nSPS) is 33.5. The topological polar surface area (TPSA) is 20.3 Å². The van der Waals surface area contributed by atoms with Gasteiger partial charge in [0.15, 0.2) is 0 Å². The van der Waals surface area contributed by atoms with Crippen molar-refractivity contribution in [2.45, 2.75) is 19.3 Å². The van der Waals surface area contributed by atoms with Gasteiger partial charge in [-0.3, -0.25) is 4.79 Å². The van der Waals surface area contributed by atoms with Crippen LogP contribution in [0, 0.1) is 11.8 Å². The summed E-state index contributed by atoms with van der Waals surface area (Å²) in [6, 6.07) is 0. The minimum atomic E-state index is 0.115. The molecule has 1 amide bonds. The Kier molecular flexibility index (Phi) is 1.91. The van der Waals surface area contributed by atoms with Crippen LogP contribution in [0.15, 0.2) is 12.7 Å². The van der Waals surface area contributed by atoms with Crippen molar-refractivity contribution in [3.8, 4) is 0 Å². The number of carbonyl (C=O) groups excluding carboxylic acids is 1. The second-order valence-electron chi connectivity index (χ2n) is 3.90. The minimum Gasteiger partial charge on any atom is -0.339 e. The van der Waals surface area contributed by atoms with Crippen LogP contribution in [0.3, 0.4) is 0 Å². The van der Waals surface area contributed by atoms with Crippen molar-refractivity contribution < 1.29 is 4.79 Å². The highest BCUT2D eigenvalue weighted by atomic mass is 16.2. The zero-order valence-corrected chi connectivity index (χ0v) is 7.33. The van der Waals surface area contributed by atoms with Crippen molar-refractivity contribution in [3.05, 3.63) is 12.7 Å². The van der Waals surface area contributed by atoms with Crippen LogP contribution in [-0.2, 0) is 4.79 Å². The second-order valence-corrected chi connectivity index (χ2v) is 3.90. The second kappa shape index (κ2) is 2.92. The maximum absolute atomic E-state index is 11.3. The third-order valence-corrected chi connectivity index (χ3v) is 3.21. The van der Waals surface area contributed by atoms with Crippen LogP contribution in [0.5, 0.6) is 0 Å². The minimum absolute atomic E-state index is 0.115. The molecule has 1 aliphatic heterocycles. The van der Waals surface area contributed by atoms with Gasteiger partial charge < -0.3 is 4.90 Å². The van der Waals surface area contributed by atoms with E-state index in [0.29, 0.717) is 0 Å². The number of carbonyl (C=O) groups is 1. The van der Waals surface area contributed by atoms with E-state index >= 15 is 0 Å². The van der Waals surface area contributed by atoms with Crippen LogP contribution in [0.25, 0.3) is 0 Å². The largest absolute Gasteiger partial charge is 0.339 e. The smallest absolute Gasteiger partial charge is 0.245 e. The number of hydrogen-bond acceptors (Lipinski definition) is 1. The van der Waals surface area contributed by atoms with Gasteiger partial charge in [0, 0.05) is 13.1 Å². The lowest BCUT2D eigenvalue weighted by molar-refractivity contribution is -0.125. The van der Waals surface area contributed by atoms with E-state index in [0.717, 1.165) is 24.9 Å². The molecule has 2 nitrogen and oxygen atoms in total. The zero-order valence-electron chi connectivity index (χ0n) is 7.33. The lowest BCUT2D eigenvalue weighted by Crippen LogP contribution is -2.27. The molecule has 2 heteroatoms. The molecule has 1 saturated heterocycles. The van der Waals surface area contributed by atoms with Crippen LogP contribution >= 0.6 is 0 Å². The average Bonchev–Trinajstić information content (AvgIpc) is 2.60. The summed E-state index contributed by atoms with van der Waals surface area (Å²) in [5.41, 5.74) is 0. The Balaban J connectivity index is 1.98. The van der Waals surface area contributed by atoms with E-state index in [4.69, 9.17) is 0 Å². The summed E-state index contributed by atoms with van der Waals surface area (Å²) in [5, 5.41) is 0. The summed E-state index contributed by atoms with van der Waals surface area (Å²) in [4.78, 5) is 13.2. The molecule has 2 fully saturated rings. The molecule has 12 heavy (non-hydrogen) atoms. The van der Waals surface area contributed by atoms with E-state index in [2.05, 4.69) is 6.58 Å². The van der Waals surface area contributed by atoms with E-state index in [1.54, 1.807) is 0 Å². The van der Waals surface area contributed by atoms with Crippen LogP contribution < -0.4 is 0 Å². The fraction of sp³-hybridized carbons (Fsp3) is 0.700. The highest BCUT2D eigenvalue weighted by Crippen LogP contribution is 2.37. The lowest BCUT2D eigenvalue weighted by Gasteiger charge is -2.14. The number of hydrogen-bond donors (Lipinski definition) is 0. The van der Waals surface area contributed by atoms with Gasteiger partial charge in [0.25, 0.3) is 0 Å². The summed E-state index contributed by atoms with van der Waals surface area (Å²) < 4.78 is 0. The number of likely N-dealkylation sites (tertiary alicyclic amines) is 1.